The number of epoxide rings is 1. The molecular weight excluding hydrogens is 552 g/mol. The number of hydrogen-bond acceptors (Lipinski definition) is 12. The molecule has 234 valence electrons. The number of unbranched alkanes of at least 4 members (excludes halogenated alkanes) is 2. The van der Waals surface area contributed by atoms with Crippen molar-refractivity contribution in [3.8, 4) is 0 Å². The molecule has 2 aliphatic heterocycles. The van der Waals surface area contributed by atoms with Crippen molar-refractivity contribution in [1.82, 2.24) is 0 Å². The van der Waals surface area contributed by atoms with Gasteiger partial charge >= 0.3 is 23.9 Å². The summed E-state index contributed by atoms with van der Waals surface area (Å²) in [4.78, 5) is 51.1. The van der Waals surface area contributed by atoms with Gasteiger partial charge in [0.1, 0.15) is 24.4 Å². The quantitative estimate of drug-likeness (QED) is 0.121. The van der Waals surface area contributed by atoms with E-state index in [1.54, 1.807) is 13.0 Å². The van der Waals surface area contributed by atoms with Crippen LogP contribution in [0, 0.1) is 11.3 Å². The summed E-state index contributed by atoms with van der Waals surface area (Å²) in [5.74, 6) is -3.94. The van der Waals surface area contributed by atoms with Crippen LogP contribution in [0.4, 0.5) is 0 Å². The van der Waals surface area contributed by atoms with E-state index in [1.807, 2.05) is 6.92 Å². The maximum Gasteiger partial charge on any atom is 0.342 e. The third kappa shape index (κ3) is 5.16. The lowest BCUT2D eigenvalue weighted by molar-refractivity contribution is -0.215. The Morgan fingerprint density at radius 3 is 2.31 bits per heavy atom. The molecule has 12 heteroatoms. The summed E-state index contributed by atoms with van der Waals surface area (Å²) >= 11 is 0. The van der Waals surface area contributed by atoms with Gasteiger partial charge in [-0.2, -0.15) is 0 Å². The second kappa shape index (κ2) is 11.4. The summed E-state index contributed by atoms with van der Waals surface area (Å²) in [7, 11) is 0. The minimum Gasteiger partial charge on any atom is -0.461 e. The van der Waals surface area contributed by atoms with Crippen molar-refractivity contribution in [3.05, 3.63) is 23.8 Å². The number of hydrogen-bond donors (Lipinski definition) is 3. The lowest BCUT2D eigenvalue weighted by atomic mass is 9.55. The molecule has 1 spiro atoms. The molecule has 10 atom stereocenters. The maximum absolute atomic E-state index is 13.1. The predicted octanol–water partition coefficient (Wildman–Crippen LogP) is 1.42. The number of rotatable bonds is 8. The minimum absolute atomic E-state index is 0.125. The molecule has 3 N–H and O–H groups in total. The Hall–Kier alpha value is -2.80. The Morgan fingerprint density at radius 2 is 1.74 bits per heavy atom. The minimum atomic E-state index is -2.01. The van der Waals surface area contributed by atoms with E-state index in [9.17, 15) is 34.5 Å². The van der Waals surface area contributed by atoms with Crippen LogP contribution in [0.2, 0.25) is 0 Å². The second-order valence-electron chi connectivity index (χ2n) is 12.3. The van der Waals surface area contributed by atoms with Crippen molar-refractivity contribution >= 4 is 23.9 Å². The molecule has 4 aliphatic rings. The Morgan fingerprint density at radius 1 is 1.07 bits per heavy atom. The smallest absolute Gasteiger partial charge is 0.342 e. The molecule has 42 heavy (non-hydrogen) atoms. The zero-order valence-electron chi connectivity index (χ0n) is 25.0. The van der Waals surface area contributed by atoms with Crippen molar-refractivity contribution in [3.63, 3.8) is 0 Å². The van der Waals surface area contributed by atoms with Gasteiger partial charge in [-0.1, -0.05) is 38.8 Å². The van der Waals surface area contributed by atoms with Gasteiger partial charge in [-0.05, 0) is 31.9 Å². The molecule has 0 unspecified atom stereocenters. The van der Waals surface area contributed by atoms with Crippen LogP contribution < -0.4 is 0 Å². The fourth-order valence-corrected chi connectivity index (χ4v) is 7.03. The molecular formula is C30H42O12. The molecule has 0 radical (unpaired) electrons. The van der Waals surface area contributed by atoms with Crippen molar-refractivity contribution in [2.45, 2.75) is 121 Å². The van der Waals surface area contributed by atoms with E-state index in [2.05, 4.69) is 0 Å². The number of aliphatic hydroxyl groups is 3. The number of ether oxygens (including phenoxy) is 5. The third-order valence-electron chi connectivity index (χ3n) is 9.33. The zero-order chi connectivity index (χ0) is 31.3. The van der Waals surface area contributed by atoms with Crippen molar-refractivity contribution in [1.29, 1.82) is 0 Å². The molecule has 0 aromatic carbocycles. The van der Waals surface area contributed by atoms with E-state index in [0.717, 1.165) is 19.8 Å². The van der Waals surface area contributed by atoms with E-state index in [0.29, 0.717) is 6.42 Å². The largest absolute Gasteiger partial charge is 0.461 e. The number of carbonyl (C=O) groups excluding carboxylic acids is 4. The summed E-state index contributed by atoms with van der Waals surface area (Å²) in [6.07, 6.45) is 0.274. The van der Waals surface area contributed by atoms with Crippen LogP contribution in [-0.2, 0) is 42.9 Å². The normalized spacial score (nSPS) is 43.5. The first kappa shape index (κ1) is 32.1. The standard InChI is InChI=1S/C30H42O12/c1-7-8-9-10-23(35)40-19-14-21(38-16(2)32)27(4)12-11-20(34)28(5,37)24(27)25(39-17(3)33)30-22(13-18(19)15-31)41-26(36)29(30,6)42-30/h11-13,19-22,24-25,31,34,37H,7-10,14-15H2,1-6H3/b18-13-/t19-,20-,21+,22+,24-,25+,27+,28-,29+,30+/m1/s1. The Bertz CT molecular complexity index is 1170. The summed E-state index contributed by atoms with van der Waals surface area (Å²) in [5, 5.41) is 33.4. The summed E-state index contributed by atoms with van der Waals surface area (Å²) in [5.41, 5.74) is -6.53. The highest BCUT2D eigenvalue weighted by molar-refractivity contribution is 5.89. The zero-order valence-corrected chi connectivity index (χ0v) is 25.0. The maximum atomic E-state index is 13.1. The molecule has 2 fully saturated rings. The Labute approximate surface area is 245 Å². The molecule has 0 saturated carbocycles. The third-order valence-corrected chi connectivity index (χ3v) is 9.33. The van der Waals surface area contributed by atoms with E-state index >= 15 is 0 Å². The van der Waals surface area contributed by atoms with E-state index in [1.165, 1.54) is 32.9 Å². The number of fused-ring (bicyclic) bond motifs is 1. The van der Waals surface area contributed by atoms with Crippen LogP contribution in [0.25, 0.3) is 0 Å². The van der Waals surface area contributed by atoms with E-state index in [-0.39, 0.29) is 18.4 Å². The van der Waals surface area contributed by atoms with Gasteiger partial charge in [0, 0.05) is 38.0 Å². The average Bonchev–Trinajstić information content (AvgIpc) is 3.48. The molecule has 0 aromatic heterocycles. The SMILES string of the molecule is CCCCCC(=O)O[C@@H]1C[C@H](OC(C)=O)[C@]2(C)C=C[C@@H](O)[C@@](C)(O)[C@@H]2[C@H](OC(C)=O)[C@]23O[C@@]2(C)C(=O)O[C@H]3/C=C\1CO. The van der Waals surface area contributed by atoms with Crippen LogP contribution in [0.5, 0.6) is 0 Å². The van der Waals surface area contributed by atoms with E-state index < -0.39 is 89.1 Å². The van der Waals surface area contributed by atoms with Crippen molar-refractivity contribution < 1.29 is 58.2 Å². The van der Waals surface area contributed by atoms with Crippen molar-refractivity contribution in [2.24, 2.45) is 11.3 Å². The van der Waals surface area contributed by atoms with Crippen LogP contribution >= 0.6 is 0 Å². The highest BCUT2D eigenvalue weighted by Gasteiger charge is 2.87. The van der Waals surface area contributed by atoms with Gasteiger partial charge in [0.2, 0.25) is 0 Å². The second-order valence-corrected chi connectivity index (χ2v) is 12.3. The fourth-order valence-electron chi connectivity index (χ4n) is 7.03. The first-order chi connectivity index (χ1) is 19.6. The molecule has 0 amide bonds. The van der Waals surface area contributed by atoms with Gasteiger partial charge in [0.15, 0.2) is 17.3 Å². The monoisotopic (exact) mass is 594 g/mol. The molecule has 0 bridgehead atoms. The van der Waals surface area contributed by atoms with Gasteiger partial charge < -0.3 is 39.0 Å². The van der Waals surface area contributed by atoms with Crippen LogP contribution in [0.1, 0.15) is 73.6 Å². The van der Waals surface area contributed by atoms with Gasteiger partial charge in [0.05, 0.1) is 12.2 Å². The van der Waals surface area contributed by atoms with Gasteiger partial charge in [-0.15, -0.1) is 0 Å². The Kier molecular flexibility index (Phi) is 8.69. The summed E-state index contributed by atoms with van der Waals surface area (Å²) < 4.78 is 29.3. The first-order valence-corrected chi connectivity index (χ1v) is 14.4. The lowest BCUT2D eigenvalue weighted by Crippen LogP contribution is -2.67. The topological polar surface area (TPSA) is 178 Å². The summed E-state index contributed by atoms with van der Waals surface area (Å²) in [6, 6.07) is 0. The summed E-state index contributed by atoms with van der Waals surface area (Å²) in [6.45, 7) is 8.25. The predicted molar refractivity (Wildman–Crippen MR) is 144 cm³/mol. The lowest BCUT2D eigenvalue weighted by Gasteiger charge is -2.54. The number of carbonyl (C=O) groups is 4. The molecule has 12 nitrogen and oxygen atoms in total. The van der Waals surface area contributed by atoms with E-state index in [4.69, 9.17) is 23.7 Å². The van der Waals surface area contributed by atoms with Crippen molar-refractivity contribution in [2.75, 3.05) is 6.61 Å². The van der Waals surface area contributed by atoms with Gasteiger partial charge in [-0.3, -0.25) is 14.4 Å². The molecule has 2 heterocycles. The number of esters is 4. The highest BCUT2D eigenvalue weighted by atomic mass is 16.7. The molecule has 2 saturated heterocycles. The van der Waals surface area contributed by atoms with Gasteiger partial charge in [-0.25, -0.2) is 4.79 Å². The highest BCUT2D eigenvalue weighted by Crippen LogP contribution is 2.65. The van der Waals surface area contributed by atoms with Crippen LogP contribution in [0.15, 0.2) is 23.8 Å². The average molecular weight is 595 g/mol. The van der Waals surface area contributed by atoms with Crippen LogP contribution in [0.3, 0.4) is 0 Å². The van der Waals surface area contributed by atoms with Gasteiger partial charge in [0.25, 0.3) is 0 Å². The Balaban J connectivity index is 1.96. The molecule has 4 rings (SSSR count). The van der Waals surface area contributed by atoms with Crippen LogP contribution in [-0.4, -0.2) is 93.1 Å². The first-order valence-electron chi connectivity index (χ1n) is 14.4. The fraction of sp³-hybridized carbons (Fsp3) is 0.733. The molecule has 0 aromatic rings. The number of aliphatic hydroxyl groups excluding tert-OH is 2. The molecule has 2 aliphatic carbocycles.